The number of carboxylic acids is 1. The van der Waals surface area contributed by atoms with E-state index in [1.165, 1.54) is 6.20 Å². The molecule has 0 spiro atoms. The molecule has 7 heteroatoms. The summed E-state index contributed by atoms with van der Waals surface area (Å²) in [5.41, 5.74) is 5.12. The maximum atomic E-state index is 11.2. The fourth-order valence-corrected chi connectivity index (χ4v) is 1.07. The molecule has 76 valence electrons. The van der Waals surface area contributed by atoms with Gasteiger partial charge in [-0.05, 0) is 12.2 Å². The van der Waals surface area contributed by atoms with E-state index in [1.54, 1.807) is 0 Å². The summed E-state index contributed by atoms with van der Waals surface area (Å²) < 4.78 is 0.197. The Hall–Kier alpha value is -1.47. The van der Waals surface area contributed by atoms with Crippen LogP contribution in [0.4, 0.5) is 0 Å². The smallest absolute Gasteiger partial charge is 0.320 e. The van der Waals surface area contributed by atoms with Gasteiger partial charge in [-0.1, -0.05) is 0 Å². The molecule has 1 unspecified atom stereocenters. The first kappa shape index (κ1) is 10.6. The molecule has 0 aliphatic heterocycles. The fraction of sp³-hybridized carbons (Fsp3) is 0.286. The number of rotatable bonds is 3. The van der Waals surface area contributed by atoms with Crippen LogP contribution >= 0.6 is 12.2 Å². The molecule has 1 aromatic heterocycles. The molecule has 14 heavy (non-hydrogen) atoms. The normalized spacial score (nSPS) is 12.4. The molecule has 0 aromatic carbocycles. The highest BCUT2D eigenvalue weighted by atomic mass is 32.1. The van der Waals surface area contributed by atoms with Crippen molar-refractivity contribution >= 4 is 18.2 Å². The molecular weight excluding hydrogens is 206 g/mol. The lowest BCUT2D eigenvalue weighted by molar-refractivity contribution is -0.138. The van der Waals surface area contributed by atoms with Gasteiger partial charge in [-0.2, -0.15) is 0 Å². The van der Waals surface area contributed by atoms with E-state index in [9.17, 15) is 9.59 Å². The first-order valence-corrected chi connectivity index (χ1v) is 4.21. The Morgan fingerprint density at radius 1 is 1.71 bits per heavy atom. The van der Waals surface area contributed by atoms with E-state index < -0.39 is 17.6 Å². The zero-order valence-corrected chi connectivity index (χ0v) is 7.93. The van der Waals surface area contributed by atoms with Crippen LogP contribution in [0.3, 0.4) is 0 Å². The minimum atomic E-state index is -1.15. The Balaban J connectivity index is 2.93. The van der Waals surface area contributed by atoms with Crippen LogP contribution in [0.2, 0.25) is 0 Å². The molecule has 0 aliphatic carbocycles. The quantitative estimate of drug-likeness (QED) is 0.502. The summed E-state index contributed by atoms with van der Waals surface area (Å²) in [6.07, 6.45) is 1.33. The number of carbonyl (C=O) groups is 1. The number of H-pyrrole nitrogens is 2. The largest absolute Gasteiger partial charge is 0.480 e. The second-order valence-electron chi connectivity index (χ2n) is 2.75. The Morgan fingerprint density at radius 3 is 2.86 bits per heavy atom. The van der Waals surface area contributed by atoms with Crippen molar-refractivity contribution in [1.82, 2.24) is 9.97 Å². The van der Waals surface area contributed by atoms with Gasteiger partial charge in [0, 0.05) is 18.2 Å². The number of hydrogen-bond donors (Lipinski definition) is 4. The molecular formula is C7H9N3O3S. The van der Waals surface area contributed by atoms with Crippen molar-refractivity contribution in [2.24, 2.45) is 5.73 Å². The molecule has 1 rings (SSSR count). The van der Waals surface area contributed by atoms with Crippen molar-refractivity contribution in [2.45, 2.75) is 12.5 Å². The molecule has 0 amide bonds. The van der Waals surface area contributed by atoms with Crippen LogP contribution < -0.4 is 11.3 Å². The number of aromatic nitrogens is 2. The lowest BCUT2D eigenvalue weighted by Gasteiger charge is -2.04. The van der Waals surface area contributed by atoms with E-state index in [1.807, 2.05) is 0 Å². The van der Waals surface area contributed by atoms with E-state index in [2.05, 4.69) is 22.2 Å². The fourth-order valence-electron chi connectivity index (χ4n) is 0.914. The van der Waals surface area contributed by atoms with Gasteiger partial charge in [0.25, 0.3) is 5.56 Å². The van der Waals surface area contributed by atoms with E-state index >= 15 is 0 Å². The third-order valence-electron chi connectivity index (χ3n) is 1.65. The Kier molecular flexibility index (Phi) is 3.15. The molecule has 5 N–H and O–H groups in total. The van der Waals surface area contributed by atoms with Gasteiger partial charge in [-0.3, -0.25) is 14.6 Å². The minimum absolute atomic E-state index is 0.0310. The average molecular weight is 215 g/mol. The Labute approximate surface area is 83.8 Å². The molecule has 0 fully saturated rings. The average Bonchev–Trinajstić information content (AvgIpc) is 2.09. The first-order valence-electron chi connectivity index (χ1n) is 3.80. The van der Waals surface area contributed by atoms with Crippen LogP contribution in [-0.2, 0) is 11.2 Å². The SMILES string of the molecule is NC(Cc1c[nH]c(=S)[nH]c1=O)C(=O)O. The minimum Gasteiger partial charge on any atom is -0.480 e. The highest BCUT2D eigenvalue weighted by Gasteiger charge is 2.13. The van der Waals surface area contributed by atoms with Gasteiger partial charge in [-0.25, -0.2) is 0 Å². The number of carboxylic acid groups (broad SMARTS) is 1. The maximum absolute atomic E-state index is 11.2. The molecule has 0 saturated carbocycles. The predicted octanol–water partition coefficient (Wildman–Crippen LogP) is -0.613. The summed E-state index contributed by atoms with van der Waals surface area (Å²) in [6.45, 7) is 0. The summed E-state index contributed by atoms with van der Waals surface area (Å²) in [7, 11) is 0. The first-order chi connectivity index (χ1) is 6.50. The zero-order chi connectivity index (χ0) is 10.7. The third kappa shape index (κ3) is 2.51. The highest BCUT2D eigenvalue weighted by Crippen LogP contribution is 1.93. The molecule has 0 saturated heterocycles. The van der Waals surface area contributed by atoms with Gasteiger partial charge in [0.15, 0.2) is 4.77 Å². The lowest BCUT2D eigenvalue weighted by atomic mass is 10.1. The second-order valence-corrected chi connectivity index (χ2v) is 3.15. The van der Waals surface area contributed by atoms with E-state index in [0.717, 1.165) is 0 Å². The van der Waals surface area contributed by atoms with Crippen molar-refractivity contribution in [3.05, 3.63) is 26.9 Å². The Bertz CT molecular complexity index is 450. The van der Waals surface area contributed by atoms with Gasteiger partial charge in [0.1, 0.15) is 6.04 Å². The summed E-state index contributed by atoms with van der Waals surface area (Å²) in [5, 5.41) is 8.52. The molecule has 1 heterocycles. The van der Waals surface area contributed by atoms with Crippen LogP contribution in [0.15, 0.2) is 11.0 Å². The number of nitrogens with one attached hydrogen (secondary N) is 2. The van der Waals surface area contributed by atoms with E-state index in [0.29, 0.717) is 0 Å². The molecule has 1 atom stereocenters. The highest BCUT2D eigenvalue weighted by molar-refractivity contribution is 7.71. The summed E-state index contributed by atoms with van der Waals surface area (Å²) in [5.74, 6) is -1.15. The lowest BCUT2D eigenvalue weighted by Crippen LogP contribution is -2.34. The summed E-state index contributed by atoms with van der Waals surface area (Å²) in [4.78, 5) is 26.6. The maximum Gasteiger partial charge on any atom is 0.320 e. The van der Waals surface area contributed by atoms with Gasteiger partial charge in [0.2, 0.25) is 0 Å². The summed E-state index contributed by atoms with van der Waals surface area (Å²) in [6, 6.07) is -1.08. The predicted molar refractivity (Wildman–Crippen MR) is 51.6 cm³/mol. The number of aliphatic carboxylic acids is 1. The van der Waals surface area contributed by atoms with Gasteiger partial charge in [0.05, 0.1) is 0 Å². The van der Waals surface area contributed by atoms with Crippen LogP contribution in [0.5, 0.6) is 0 Å². The van der Waals surface area contributed by atoms with Crippen molar-refractivity contribution in [3.63, 3.8) is 0 Å². The second kappa shape index (κ2) is 4.16. The third-order valence-corrected chi connectivity index (χ3v) is 1.87. The monoisotopic (exact) mass is 215 g/mol. The number of hydrogen-bond acceptors (Lipinski definition) is 4. The zero-order valence-electron chi connectivity index (χ0n) is 7.11. The van der Waals surface area contributed by atoms with Crippen molar-refractivity contribution in [3.8, 4) is 0 Å². The van der Waals surface area contributed by atoms with E-state index in [4.69, 9.17) is 10.8 Å². The molecule has 1 aromatic rings. The molecule has 6 nitrogen and oxygen atoms in total. The van der Waals surface area contributed by atoms with Crippen LogP contribution in [0.25, 0.3) is 0 Å². The molecule has 0 radical (unpaired) electrons. The van der Waals surface area contributed by atoms with E-state index in [-0.39, 0.29) is 16.8 Å². The Morgan fingerprint density at radius 2 is 2.36 bits per heavy atom. The van der Waals surface area contributed by atoms with Crippen molar-refractivity contribution in [1.29, 1.82) is 0 Å². The van der Waals surface area contributed by atoms with Crippen LogP contribution in [-0.4, -0.2) is 27.1 Å². The summed E-state index contributed by atoms with van der Waals surface area (Å²) >= 11 is 4.67. The standard InChI is InChI=1S/C7H9N3O3S/c8-4(6(12)13)1-3-2-9-7(14)10-5(3)11/h2,4H,1,8H2,(H,12,13)(H2,9,10,11,14). The number of aromatic amines is 2. The van der Waals surface area contributed by atoms with Crippen LogP contribution in [0.1, 0.15) is 5.56 Å². The van der Waals surface area contributed by atoms with Crippen molar-refractivity contribution in [2.75, 3.05) is 0 Å². The van der Waals surface area contributed by atoms with Gasteiger partial charge < -0.3 is 15.8 Å². The molecule has 0 bridgehead atoms. The van der Waals surface area contributed by atoms with Crippen molar-refractivity contribution < 1.29 is 9.90 Å². The topological polar surface area (TPSA) is 112 Å². The molecule has 0 aliphatic rings. The van der Waals surface area contributed by atoms with Gasteiger partial charge in [-0.15, -0.1) is 0 Å². The van der Waals surface area contributed by atoms with Crippen LogP contribution in [0, 0.1) is 4.77 Å². The number of nitrogens with two attached hydrogens (primary N) is 1. The van der Waals surface area contributed by atoms with Gasteiger partial charge >= 0.3 is 5.97 Å².